The summed E-state index contributed by atoms with van der Waals surface area (Å²) in [5.41, 5.74) is 2.41. The molecule has 2 heterocycles. The van der Waals surface area contributed by atoms with Gasteiger partial charge in [-0.3, -0.25) is 4.98 Å². The van der Waals surface area contributed by atoms with Crippen LogP contribution in [0.5, 0.6) is 5.88 Å². The molecule has 0 aromatic carbocycles. The molecule has 0 aliphatic heterocycles. The van der Waals surface area contributed by atoms with Gasteiger partial charge in [-0.15, -0.1) is 0 Å². The monoisotopic (exact) mass is 246 g/mol. The number of nitrogens with zero attached hydrogens (tertiary/aromatic N) is 4. The third-order valence-corrected chi connectivity index (χ3v) is 2.58. The molecule has 0 fully saturated rings. The number of aromatic nitrogens is 4. The highest BCUT2D eigenvalue weighted by Gasteiger charge is 2.20. The molecule has 0 bridgehead atoms. The number of hydrogen-bond acceptors (Lipinski definition) is 6. The van der Waals surface area contributed by atoms with Gasteiger partial charge in [0.2, 0.25) is 5.88 Å². The Morgan fingerprint density at radius 3 is 2.61 bits per heavy atom. The zero-order chi connectivity index (χ0) is 13.1. The molecule has 0 aliphatic rings. The second-order valence-electron chi connectivity index (χ2n) is 3.88. The zero-order valence-corrected chi connectivity index (χ0v) is 10.5. The molecule has 0 saturated carbocycles. The Morgan fingerprint density at radius 2 is 1.89 bits per heavy atom. The lowest BCUT2D eigenvalue weighted by Gasteiger charge is -2.14. The van der Waals surface area contributed by atoms with E-state index in [1.54, 1.807) is 13.0 Å². The lowest BCUT2D eigenvalue weighted by Crippen LogP contribution is -2.09. The van der Waals surface area contributed by atoms with Crippen LogP contribution in [-0.4, -0.2) is 32.4 Å². The van der Waals surface area contributed by atoms with Crippen LogP contribution in [0.1, 0.15) is 28.7 Å². The van der Waals surface area contributed by atoms with Crippen molar-refractivity contribution in [2.75, 3.05) is 7.11 Å². The normalized spacial score (nSPS) is 12.2. The van der Waals surface area contributed by atoms with Crippen LogP contribution >= 0.6 is 0 Å². The summed E-state index contributed by atoms with van der Waals surface area (Å²) in [4.78, 5) is 8.13. The van der Waals surface area contributed by atoms with E-state index in [4.69, 9.17) is 4.74 Å². The lowest BCUT2D eigenvalue weighted by molar-refractivity contribution is 0.206. The van der Waals surface area contributed by atoms with E-state index < -0.39 is 6.10 Å². The highest BCUT2D eigenvalue weighted by molar-refractivity contribution is 5.33. The quantitative estimate of drug-likeness (QED) is 0.869. The fraction of sp³-hybridized carbons (Fsp3) is 0.333. The van der Waals surface area contributed by atoms with E-state index in [9.17, 15) is 5.11 Å². The molecule has 1 atom stereocenters. The van der Waals surface area contributed by atoms with Crippen LogP contribution in [0.3, 0.4) is 0 Å². The Bertz CT molecular complexity index is 560. The topological polar surface area (TPSA) is 81.0 Å². The Labute approximate surface area is 105 Å². The molecule has 1 N–H and O–H groups in total. The molecule has 2 aromatic rings. The predicted octanol–water partition coefficient (Wildman–Crippen LogP) is 0.974. The second-order valence-corrected chi connectivity index (χ2v) is 3.88. The fourth-order valence-electron chi connectivity index (χ4n) is 1.67. The molecule has 94 valence electrons. The summed E-state index contributed by atoms with van der Waals surface area (Å²) in [6.45, 7) is 3.60. The number of aliphatic hydroxyl groups is 1. The Kier molecular flexibility index (Phi) is 3.47. The van der Waals surface area contributed by atoms with E-state index in [0.717, 1.165) is 5.69 Å². The third kappa shape index (κ3) is 2.28. The SMILES string of the molecule is COc1nccnc1C(O)c1cc(C)nnc1C. The van der Waals surface area contributed by atoms with Crippen molar-refractivity contribution in [2.45, 2.75) is 20.0 Å². The van der Waals surface area contributed by atoms with Crippen LogP contribution in [0, 0.1) is 13.8 Å². The number of aliphatic hydroxyl groups excluding tert-OH is 1. The minimum absolute atomic E-state index is 0.305. The molecule has 0 amide bonds. The minimum Gasteiger partial charge on any atom is -0.480 e. The van der Waals surface area contributed by atoms with Gasteiger partial charge in [-0.05, 0) is 19.9 Å². The van der Waals surface area contributed by atoms with Gasteiger partial charge >= 0.3 is 0 Å². The molecular formula is C12H14N4O2. The highest BCUT2D eigenvalue weighted by Crippen LogP contribution is 2.27. The van der Waals surface area contributed by atoms with E-state index in [-0.39, 0.29) is 0 Å². The number of hydrogen-bond donors (Lipinski definition) is 1. The van der Waals surface area contributed by atoms with Crippen molar-refractivity contribution in [2.24, 2.45) is 0 Å². The maximum Gasteiger partial charge on any atom is 0.238 e. The van der Waals surface area contributed by atoms with Crippen molar-refractivity contribution in [3.63, 3.8) is 0 Å². The van der Waals surface area contributed by atoms with E-state index >= 15 is 0 Å². The summed E-state index contributed by atoms with van der Waals surface area (Å²) in [6, 6.07) is 1.78. The van der Waals surface area contributed by atoms with E-state index in [2.05, 4.69) is 20.2 Å². The molecule has 18 heavy (non-hydrogen) atoms. The van der Waals surface area contributed by atoms with Crippen LogP contribution < -0.4 is 4.74 Å². The molecule has 0 aliphatic carbocycles. The van der Waals surface area contributed by atoms with Gasteiger partial charge in [0.1, 0.15) is 11.8 Å². The van der Waals surface area contributed by atoms with Crippen molar-refractivity contribution in [3.05, 3.63) is 41.1 Å². The van der Waals surface area contributed by atoms with Gasteiger partial charge in [0.25, 0.3) is 0 Å². The van der Waals surface area contributed by atoms with E-state index in [1.165, 1.54) is 19.5 Å². The fourth-order valence-corrected chi connectivity index (χ4v) is 1.67. The molecule has 0 spiro atoms. The first-order valence-corrected chi connectivity index (χ1v) is 5.47. The van der Waals surface area contributed by atoms with Gasteiger partial charge in [-0.2, -0.15) is 10.2 Å². The molecule has 6 heteroatoms. The summed E-state index contributed by atoms with van der Waals surface area (Å²) in [6.07, 6.45) is 2.10. The summed E-state index contributed by atoms with van der Waals surface area (Å²) in [5.74, 6) is 0.305. The Balaban J connectivity index is 2.47. The van der Waals surface area contributed by atoms with Crippen LogP contribution in [0.15, 0.2) is 18.5 Å². The van der Waals surface area contributed by atoms with Crippen molar-refractivity contribution in [3.8, 4) is 5.88 Å². The third-order valence-electron chi connectivity index (χ3n) is 2.58. The van der Waals surface area contributed by atoms with Crippen molar-refractivity contribution in [1.82, 2.24) is 20.2 Å². The molecule has 0 saturated heterocycles. The van der Waals surface area contributed by atoms with Gasteiger partial charge in [0.05, 0.1) is 18.5 Å². The molecule has 2 rings (SSSR count). The average molecular weight is 246 g/mol. The van der Waals surface area contributed by atoms with Gasteiger partial charge in [0.15, 0.2) is 0 Å². The van der Waals surface area contributed by atoms with Crippen molar-refractivity contribution < 1.29 is 9.84 Å². The number of methoxy groups -OCH3 is 1. The maximum absolute atomic E-state index is 10.4. The van der Waals surface area contributed by atoms with Crippen LogP contribution in [0.2, 0.25) is 0 Å². The number of aryl methyl sites for hydroxylation is 2. The standard InChI is InChI=1S/C12H14N4O2/c1-7-6-9(8(2)16-15-7)11(17)10-12(18-3)14-5-4-13-10/h4-6,11,17H,1-3H3. The smallest absolute Gasteiger partial charge is 0.238 e. The van der Waals surface area contributed by atoms with Gasteiger partial charge < -0.3 is 9.84 Å². The average Bonchev–Trinajstić information content (AvgIpc) is 2.40. The van der Waals surface area contributed by atoms with Crippen LogP contribution in [-0.2, 0) is 0 Å². The Morgan fingerprint density at radius 1 is 1.17 bits per heavy atom. The molecule has 0 radical (unpaired) electrons. The predicted molar refractivity (Wildman–Crippen MR) is 64.2 cm³/mol. The molecule has 6 nitrogen and oxygen atoms in total. The first-order valence-electron chi connectivity index (χ1n) is 5.47. The molecule has 2 aromatic heterocycles. The van der Waals surface area contributed by atoms with Gasteiger partial charge in [-0.25, -0.2) is 4.98 Å². The summed E-state index contributed by atoms with van der Waals surface area (Å²) >= 11 is 0. The second kappa shape index (κ2) is 5.05. The lowest BCUT2D eigenvalue weighted by atomic mass is 10.1. The highest BCUT2D eigenvalue weighted by atomic mass is 16.5. The molecule has 1 unspecified atom stereocenters. The molecular weight excluding hydrogens is 232 g/mol. The van der Waals surface area contributed by atoms with E-state index in [1.807, 2.05) is 6.92 Å². The van der Waals surface area contributed by atoms with Crippen molar-refractivity contribution in [1.29, 1.82) is 0 Å². The summed E-state index contributed by atoms with van der Waals surface area (Å²) in [5, 5.41) is 18.3. The Hall–Kier alpha value is -2.08. The van der Waals surface area contributed by atoms with Crippen molar-refractivity contribution >= 4 is 0 Å². The maximum atomic E-state index is 10.4. The van der Waals surface area contributed by atoms with Gasteiger partial charge in [0, 0.05) is 18.0 Å². The van der Waals surface area contributed by atoms with E-state index in [0.29, 0.717) is 22.8 Å². The first-order chi connectivity index (χ1) is 8.63. The zero-order valence-electron chi connectivity index (χ0n) is 10.5. The largest absolute Gasteiger partial charge is 0.480 e. The number of rotatable bonds is 3. The van der Waals surface area contributed by atoms with Gasteiger partial charge in [-0.1, -0.05) is 0 Å². The minimum atomic E-state index is -0.928. The summed E-state index contributed by atoms with van der Waals surface area (Å²) < 4.78 is 5.09. The van der Waals surface area contributed by atoms with Crippen LogP contribution in [0.4, 0.5) is 0 Å². The first kappa shape index (κ1) is 12.4. The van der Waals surface area contributed by atoms with Crippen LogP contribution in [0.25, 0.3) is 0 Å². The number of ether oxygens (including phenoxy) is 1. The summed E-state index contributed by atoms with van der Waals surface area (Å²) in [7, 11) is 1.49.